The van der Waals surface area contributed by atoms with Gasteiger partial charge in [-0.25, -0.2) is 0 Å². The molecule has 140 valence electrons. The van der Waals surface area contributed by atoms with E-state index in [0.717, 1.165) is 23.3 Å². The molecule has 6 nitrogen and oxygen atoms in total. The van der Waals surface area contributed by atoms with E-state index >= 15 is 0 Å². The molecule has 27 heavy (non-hydrogen) atoms. The molecule has 3 rings (SSSR count). The molecule has 0 atom stereocenters. The van der Waals surface area contributed by atoms with Gasteiger partial charge < -0.3 is 14.6 Å². The second-order valence-electron chi connectivity index (χ2n) is 5.97. The summed E-state index contributed by atoms with van der Waals surface area (Å²) in [5.41, 5.74) is 1.89. The average molecular weight is 386 g/mol. The van der Waals surface area contributed by atoms with Gasteiger partial charge in [-0.3, -0.25) is 4.79 Å². The molecule has 0 spiro atoms. The maximum Gasteiger partial charge on any atom is 0.227 e. The first-order valence-electron chi connectivity index (χ1n) is 8.62. The van der Waals surface area contributed by atoms with Crippen LogP contribution in [0.2, 0.25) is 5.02 Å². The van der Waals surface area contributed by atoms with Gasteiger partial charge in [-0.15, -0.1) is 0 Å². The number of carbonyl (C=O) groups excluding carboxylic acids is 1. The predicted molar refractivity (Wildman–Crippen MR) is 103 cm³/mol. The highest BCUT2D eigenvalue weighted by Gasteiger charge is 2.11. The van der Waals surface area contributed by atoms with Gasteiger partial charge in [0.2, 0.25) is 17.6 Å². The van der Waals surface area contributed by atoms with Gasteiger partial charge in [0.05, 0.1) is 7.11 Å². The topological polar surface area (TPSA) is 77.2 Å². The molecule has 1 amide bonds. The number of halogens is 1. The molecule has 0 aliphatic heterocycles. The number of hydrogen-bond donors (Lipinski definition) is 1. The Balaban J connectivity index is 1.44. The van der Waals surface area contributed by atoms with Gasteiger partial charge in [-0.2, -0.15) is 4.98 Å². The summed E-state index contributed by atoms with van der Waals surface area (Å²) in [6.45, 7) is 0.559. The van der Waals surface area contributed by atoms with E-state index < -0.39 is 0 Å². The Bertz CT molecular complexity index is 911. The van der Waals surface area contributed by atoms with Crippen LogP contribution in [0, 0.1) is 0 Å². The highest BCUT2D eigenvalue weighted by Crippen LogP contribution is 2.20. The van der Waals surface area contributed by atoms with E-state index in [1.54, 1.807) is 19.2 Å². The fraction of sp³-hybridized carbons (Fsp3) is 0.250. The van der Waals surface area contributed by atoms with Crippen LogP contribution in [0.5, 0.6) is 5.75 Å². The molecule has 7 heteroatoms. The standard InChI is InChI=1S/C20H20ClN3O3/c1-26-17-7-2-4-14(12-17)10-11-22-18(25)8-9-19-23-20(24-27-19)15-5-3-6-16(21)13-15/h2-7,12-13H,8-11H2,1H3,(H,22,25). The Labute approximate surface area is 162 Å². The van der Waals surface area contributed by atoms with Crippen molar-refractivity contribution in [1.29, 1.82) is 0 Å². The third kappa shape index (κ3) is 5.56. The van der Waals surface area contributed by atoms with Gasteiger partial charge in [-0.05, 0) is 36.2 Å². The van der Waals surface area contributed by atoms with Crippen LogP contribution in [-0.4, -0.2) is 29.7 Å². The number of benzene rings is 2. The average Bonchev–Trinajstić information content (AvgIpc) is 3.16. The van der Waals surface area contributed by atoms with Crippen molar-refractivity contribution in [2.75, 3.05) is 13.7 Å². The number of hydrogen-bond acceptors (Lipinski definition) is 5. The smallest absolute Gasteiger partial charge is 0.227 e. The van der Waals surface area contributed by atoms with E-state index in [1.165, 1.54) is 0 Å². The van der Waals surface area contributed by atoms with Crippen molar-refractivity contribution in [1.82, 2.24) is 15.5 Å². The summed E-state index contributed by atoms with van der Waals surface area (Å²) in [7, 11) is 1.64. The molecule has 2 aromatic carbocycles. The van der Waals surface area contributed by atoms with Gasteiger partial charge in [0.25, 0.3) is 0 Å². The van der Waals surface area contributed by atoms with Gasteiger partial charge in [0.1, 0.15) is 5.75 Å². The molecule has 1 N–H and O–H groups in total. The van der Waals surface area contributed by atoms with Crippen molar-refractivity contribution in [2.24, 2.45) is 0 Å². The Morgan fingerprint density at radius 1 is 1.19 bits per heavy atom. The maximum absolute atomic E-state index is 12.0. The minimum absolute atomic E-state index is 0.0552. The first kappa shape index (κ1) is 18.9. The van der Waals surface area contributed by atoms with E-state index in [4.69, 9.17) is 20.9 Å². The van der Waals surface area contributed by atoms with E-state index in [1.807, 2.05) is 36.4 Å². The molecule has 0 saturated heterocycles. The largest absolute Gasteiger partial charge is 0.497 e. The Morgan fingerprint density at radius 2 is 2.04 bits per heavy atom. The first-order valence-corrected chi connectivity index (χ1v) is 9.00. The van der Waals surface area contributed by atoms with Gasteiger partial charge in [0, 0.05) is 30.0 Å². The van der Waals surface area contributed by atoms with Crippen LogP contribution in [0.4, 0.5) is 0 Å². The lowest BCUT2D eigenvalue weighted by Crippen LogP contribution is -2.25. The number of rotatable bonds is 8. The molecule has 0 bridgehead atoms. The van der Waals surface area contributed by atoms with Crippen LogP contribution in [-0.2, 0) is 17.6 Å². The number of nitrogens with zero attached hydrogens (tertiary/aromatic N) is 2. The molecule has 0 saturated carbocycles. The lowest BCUT2D eigenvalue weighted by atomic mass is 10.1. The molecule has 0 aliphatic rings. The van der Waals surface area contributed by atoms with E-state index in [2.05, 4.69) is 15.5 Å². The highest BCUT2D eigenvalue weighted by molar-refractivity contribution is 6.30. The lowest BCUT2D eigenvalue weighted by Gasteiger charge is -2.06. The zero-order valence-electron chi connectivity index (χ0n) is 14.9. The van der Waals surface area contributed by atoms with Crippen LogP contribution >= 0.6 is 11.6 Å². The number of aromatic nitrogens is 2. The second kappa shape index (κ2) is 9.19. The fourth-order valence-electron chi connectivity index (χ4n) is 2.58. The van der Waals surface area contributed by atoms with Crippen molar-refractivity contribution < 1.29 is 14.1 Å². The molecule has 0 radical (unpaired) electrons. The molecule has 0 fully saturated rings. The Kier molecular flexibility index (Phi) is 6.44. The Morgan fingerprint density at radius 3 is 2.85 bits per heavy atom. The minimum atomic E-state index is -0.0552. The van der Waals surface area contributed by atoms with Crippen LogP contribution in [0.1, 0.15) is 17.9 Å². The van der Waals surface area contributed by atoms with E-state index in [0.29, 0.717) is 29.7 Å². The first-order chi connectivity index (χ1) is 13.1. The van der Waals surface area contributed by atoms with Gasteiger partial charge in [0.15, 0.2) is 0 Å². The number of ether oxygens (including phenoxy) is 1. The highest BCUT2D eigenvalue weighted by atomic mass is 35.5. The number of carbonyl (C=O) groups is 1. The fourth-order valence-corrected chi connectivity index (χ4v) is 2.77. The normalized spacial score (nSPS) is 10.6. The predicted octanol–water partition coefficient (Wildman–Crippen LogP) is 3.69. The zero-order chi connectivity index (χ0) is 19.1. The van der Waals surface area contributed by atoms with Crippen LogP contribution in [0.15, 0.2) is 53.1 Å². The summed E-state index contributed by atoms with van der Waals surface area (Å²) in [6.07, 6.45) is 1.41. The molecule has 1 aromatic heterocycles. The summed E-state index contributed by atoms with van der Waals surface area (Å²) in [4.78, 5) is 16.3. The molecule has 0 unspecified atom stereocenters. The number of methoxy groups -OCH3 is 1. The molecular formula is C20H20ClN3O3. The van der Waals surface area contributed by atoms with Crippen molar-refractivity contribution >= 4 is 17.5 Å². The quantitative estimate of drug-likeness (QED) is 0.639. The summed E-state index contributed by atoms with van der Waals surface area (Å²) in [6, 6.07) is 15.0. The molecular weight excluding hydrogens is 366 g/mol. The molecule has 3 aromatic rings. The van der Waals surface area contributed by atoms with Crippen molar-refractivity contribution in [3.63, 3.8) is 0 Å². The number of nitrogens with one attached hydrogen (secondary N) is 1. The number of amides is 1. The van der Waals surface area contributed by atoms with E-state index in [9.17, 15) is 4.79 Å². The van der Waals surface area contributed by atoms with Crippen LogP contribution in [0.25, 0.3) is 11.4 Å². The van der Waals surface area contributed by atoms with Gasteiger partial charge in [-0.1, -0.05) is 41.0 Å². The summed E-state index contributed by atoms with van der Waals surface area (Å²) in [5, 5.41) is 7.44. The summed E-state index contributed by atoms with van der Waals surface area (Å²) < 4.78 is 10.4. The zero-order valence-corrected chi connectivity index (χ0v) is 15.7. The van der Waals surface area contributed by atoms with E-state index in [-0.39, 0.29) is 12.3 Å². The molecule has 1 heterocycles. The maximum atomic E-state index is 12.0. The number of aryl methyl sites for hydroxylation is 1. The molecule has 0 aliphatic carbocycles. The van der Waals surface area contributed by atoms with Crippen molar-refractivity contribution in [3.05, 3.63) is 65.0 Å². The van der Waals surface area contributed by atoms with Gasteiger partial charge >= 0.3 is 0 Å². The third-order valence-corrected chi connectivity index (χ3v) is 4.22. The van der Waals surface area contributed by atoms with Crippen molar-refractivity contribution in [3.8, 4) is 17.1 Å². The lowest BCUT2D eigenvalue weighted by molar-refractivity contribution is -0.121. The minimum Gasteiger partial charge on any atom is -0.497 e. The monoisotopic (exact) mass is 385 g/mol. The van der Waals surface area contributed by atoms with Crippen LogP contribution < -0.4 is 10.1 Å². The Hall–Kier alpha value is -2.86. The third-order valence-electron chi connectivity index (χ3n) is 3.99. The SMILES string of the molecule is COc1cccc(CCNC(=O)CCc2nc(-c3cccc(Cl)c3)no2)c1. The van der Waals surface area contributed by atoms with Crippen molar-refractivity contribution in [2.45, 2.75) is 19.3 Å². The van der Waals surface area contributed by atoms with Crippen LogP contribution in [0.3, 0.4) is 0 Å². The second-order valence-corrected chi connectivity index (χ2v) is 6.41. The summed E-state index contributed by atoms with van der Waals surface area (Å²) >= 11 is 5.97. The summed E-state index contributed by atoms with van der Waals surface area (Å²) in [5.74, 6) is 1.64.